The summed E-state index contributed by atoms with van der Waals surface area (Å²) < 4.78 is 0. The zero-order valence-corrected chi connectivity index (χ0v) is 11.8. The van der Waals surface area contributed by atoms with Crippen molar-refractivity contribution >= 4 is 0 Å². The van der Waals surface area contributed by atoms with Crippen LogP contribution in [0.3, 0.4) is 0 Å². The molecule has 3 heteroatoms. The summed E-state index contributed by atoms with van der Waals surface area (Å²) in [5.41, 5.74) is 1.40. The van der Waals surface area contributed by atoms with Crippen LogP contribution in [0.5, 0.6) is 0 Å². The lowest BCUT2D eigenvalue weighted by molar-refractivity contribution is 0.116. The Kier molecular flexibility index (Phi) is 4.05. The Balaban J connectivity index is 1.75. The maximum Gasteiger partial charge on any atom is 0.0679 e. The number of nitriles is 1. The number of hydrogen-bond acceptors (Lipinski definition) is 3. The first kappa shape index (κ1) is 13.6. The number of β-amino-alcohol motifs (C(OH)–C–C–N with tert-alkyl or cyclic N) is 1. The van der Waals surface area contributed by atoms with Gasteiger partial charge in [0.15, 0.2) is 0 Å². The molecule has 1 heterocycles. The minimum absolute atomic E-state index is 0.125. The van der Waals surface area contributed by atoms with Crippen molar-refractivity contribution in [3.05, 3.63) is 35.9 Å². The quantitative estimate of drug-likeness (QED) is 0.898. The summed E-state index contributed by atoms with van der Waals surface area (Å²) in [6.07, 6.45) is 3.79. The van der Waals surface area contributed by atoms with E-state index in [1.54, 1.807) is 0 Å². The van der Waals surface area contributed by atoms with Gasteiger partial charge in [-0.3, -0.25) is 4.90 Å². The molecule has 1 saturated heterocycles. The summed E-state index contributed by atoms with van der Waals surface area (Å²) >= 11 is 0. The van der Waals surface area contributed by atoms with E-state index in [1.165, 1.54) is 5.56 Å². The molecular weight excluding hydrogens is 248 g/mol. The van der Waals surface area contributed by atoms with Crippen LogP contribution >= 0.6 is 0 Å². The van der Waals surface area contributed by atoms with E-state index in [9.17, 15) is 10.4 Å². The standard InChI is InChI=1S/C17H22N2O/c18-11-15-7-6-14(13-4-2-1-3-5-13)10-17(15)19-9-8-16(20)12-19/h1-5,14-17,20H,6-10,12H2. The minimum atomic E-state index is -0.202. The van der Waals surface area contributed by atoms with Crippen LogP contribution in [0, 0.1) is 17.2 Å². The lowest BCUT2D eigenvalue weighted by Crippen LogP contribution is -2.42. The zero-order valence-electron chi connectivity index (χ0n) is 11.8. The Bertz CT molecular complexity index is 482. The summed E-state index contributed by atoms with van der Waals surface area (Å²) in [6, 6.07) is 13.5. The maximum atomic E-state index is 9.75. The fourth-order valence-electron chi connectivity index (χ4n) is 3.80. The molecule has 1 N–H and O–H groups in total. The molecular formula is C17H22N2O. The first-order valence-corrected chi connectivity index (χ1v) is 7.64. The smallest absolute Gasteiger partial charge is 0.0679 e. The van der Waals surface area contributed by atoms with E-state index in [4.69, 9.17) is 0 Å². The van der Waals surface area contributed by atoms with Crippen LogP contribution in [0.4, 0.5) is 0 Å². The second-order valence-electron chi connectivity index (χ2n) is 6.16. The molecule has 0 aromatic heterocycles. The topological polar surface area (TPSA) is 47.3 Å². The van der Waals surface area contributed by atoms with E-state index in [0.717, 1.165) is 38.8 Å². The Labute approximate surface area is 120 Å². The molecule has 3 rings (SSSR count). The maximum absolute atomic E-state index is 9.75. The van der Waals surface area contributed by atoms with E-state index in [2.05, 4.69) is 41.3 Å². The van der Waals surface area contributed by atoms with Gasteiger partial charge in [-0.05, 0) is 37.2 Å². The number of benzene rings is 1. The van der Waals surface area contributed by atoms with E-state index < -0.39 is 0 Å². The monoisotopic (exact) mass is 270 g/mol. The Morgan fingerprint density at radius 2 is 1.95 bits per heavy atom. The van der Waals surface area contributed by atoms with E-state index in [-0.39, 0.29) is 12.0 Å². The highest BCUT2D eigenvalue weighted by atomic mass is 16.3. The number of hydrogen-bond donors (Lipinski definition) is 1. The van der Waals surface area contributed by atoms with Crippen LogP contribution in [-0.2, 0) is 0 Å². The van der Waals surface area contributed by atoms with Gasteiger partial charge in [0.25, 0.3) is 0 Å². The average Bonchev–Trinajstić information content (AvgIpc) is 2.94. The van der Waals surface area contributed by atoms with Crippen molar-refractivity contribution in [3.63, 3.8) is 0 Å². The highest BCUT2D eigenvalue weighted by Crippen LogP contribution is 2.38. The third kappa shape index (κ3) is 2.72. The lowest BCUT2D eigenvalue weighted by Gasteiger charge is -2.38. The van der Waals surface area contributed by atoms with Gasteiger partial charge in [0, 0.05) is 19.1 Å². The zero-order chi connectivity index (χ0) is 13.9. The van der Waals surface area contributed by atoms with Crippen LogP contribution in [0.1, 0.15) is 37.2 Å². The van der Waals surface area contributed by atoms with Crippen LogP contribution in [0.15, 0.2) is 30.3 Å². The largest absolute Gasteiger partial charge is 0.392 e. The van der Waals surface area contributed by atoms with Crippen molar-refractivity contribution in [2.24, 2.45) is 5.92 Å². The average molecular weight is 270 g/mol. The predicted molar refractivity (Wildman–Crippen MR) is 78.1 cm³/mol. The van der Waals surface area contributed by atoms with Crippen molar-refractivity contribution in [1.29, 1.82) is 5.26 Å². The summed E-state index contributed by atoms with van der Waals surface area (Å²) in [6.45, 7) is 1.68. The minimum Gasteiger partial charge on any atom is -0.392 e. The molecule has 1 aliphatic heterocycles. The van der Waals surface area contributed by atoms with Crippen LogP contribution < -0.4 is 0 Å². The second-order valence-corrected chi connectivity index (χ2v) is 6.16. The van der Waals surface area contributed by atoms with Crippen LogP contribution in [0.2, 0.25) is 0 Å². The summed E-state index contributed by atoms with van der Waals surface area (Å²) in [5, 5.41) is 19.2. The summed E-state index contributed by atoms with van der Waals surface area (Å²) in [7, 11) is 0. The molecule has 20 heavy (non-hydrogen) atoms. The second kappa shape index (κ2) is 5.95. The molecule has 2 fully saturated rings. The van der Waals surface area contributed by atoms with Crippen molar-refractivity contribution < 1.29 is 5.11 Å². The molecule has 1 aliphatic carbocycles. The Hall–Kier alpha value is -1.37. The highest BCUT2D eigenvalue weighted by molar-refractivity contribution is 5.21. The fraction of sp³-hybridized carbons (Fsp3) is 0.588. The van der Waals surface area contributed by atoms with Crippen molar-refractivity contribution in [3.8, 4) is 6.07 Å². The molecule has 106 valence electrons. The fourth-order valence-corrected chi connectivity index (χ4v) is 3.80. The third-order valence-corrected chi connectivity index (χ3v) is 4.92. The number of rotatable bonds is 2. The lowest BCUT2D eigenvalue weighted by atomic mass is 9.75. The predicted octanol–water partition coefficient (Wildman–Crippen LogP) is 2.53. The highest BCUT2D eigenvalue weighted by Gasteiger charge is 2.37. The van der Waals surface area contributed by atoms with Gasteiger partial charge in [-0.1, -0.05) is 30.3 Å². The molecule has 1 aromatic carbocycles. The molecule has 0 bridgehead atoms. The molecule has 0 amide bonds. The van der Waals surface area contributed by atoms with E-state index in [1.807, 2.05) is 0 Å². The van der Waals surface area contributed by atoms with Crippen molar-refractivity contribution in [2.75, 3.05) is 13.1 Å². The SMILES string of the molecule is N#CC1CCC(c2ccccc2)CC1N1CCC(O)C1. The van der Waals surface area contributed by atoms with E-state index >= 15 is 0 Å². The number of aliphatic hydroxyl groups excluding tert-OH is 1. The number of nitrogens with zero attached hydrogens (tertiary/aromatic N) is 2. The molecule has 4 atom stereocenters. The van der Waals surface area contributed by atoms with Gasteiger partial charge in [-0.2, -0.15) is 5.26 Å². The third-order valence-electron chi connectivity index (χ3n) is 4.92. The molecule has 0 spiro atoms. The normalized spacial score (nSPS) is 34.8. The van der Waals surface area contributed by atoms with Gasteiger partial charge in [0.05, 0.1) is 18.1 Å². The first-order valence-electron chi connectivity index (χ1n) is 7.64. The molecule has 4 unspecified atom stereocenters. The van der Waals surface area contributed by atoms with Gasteiger partial charge in [-0.15, -0.1) is 0 Å². The van der Waals surface area contributed by atoms with Gasteiger partial charge in [-0.25, -0.2) is 0 Å². The van der Waals surface area contributed by atoms with E-state index in [0.29, 0.717) is 12.0 Å². The van der Waals surface area contributed by atoms with Crippen LogP contribution in [-0.4, -0.2) is 35.2 Å². The molecule has 2 aliphatic rings. The number of aliphatic hydroxyl groups is 1. The van der Waals surface area contributed by atoms with Gasteiger partial charge >= 0.3 is 0 Å². The molecule has 0 radical (unpaired) electrons. The number of likely N-dealkylation sites (tertiary alicyclic amines) is 1. The summed E-state index contributed by atoms with van der Waals surface area (Å²) in [5.74, 6) is 0.684. The van der Waals surface area contributed by atoms with Crippen LogP contribution in [0.25, 0.3) is 0 Å². The van der Waals surface area contributed by atoms with Crippen molar-refractivity contribution in [2.45, 2.75) is 43.7 Å². The first-order chi connectivity index (χ1) is 9.78. The molecule has 3 nitrogen and oxygen atoms in total. The molecule has 1 saturated carbocycles. The summed E-state index contributed by atoms with van der Waals surface area (Å²) in [4.78, 5) is 2.34. The van der Waals surface area contributed by atoms with Gasteiger partial charge in [0.1, 0.15) is 0 Å². The molecule has 1 aromatic rings. The van der Waals surface area contributed by atoms with Gasteiger partial charge < -0.3 is 5.11 Å². The van der Waals surface area contributed by atoms with Gasteiger partial charge in [0.2, 0.25) is 0 Å². The van der Waals surface area contributed by atoms with Crippen molar-refractivity contribution in [1.82, 2.24) is 4.90 Å². The Morgan fingerprint density at radius 1 is 1.15 bits per heavy atom. The Morgan fingerprint density at radius 3 is 2.60 bits per heavy atom.